The van der Waals surface area contributed by atoms with Crippen LogP contribution >= 0.6 is 0 Å². The molecular weight excluding hydrogens is 304 g/mol. The van der Waals surface area contributed by atoms with E-state index in [-0.39, 0.29) is 5.91 Å². The van der Waals surface area contributed by atoms with Crippen molar-refractivity contribution in [3.63, 3.8) is 0 Å². The predicted octanol–water partition coefficient (Wildman–Crippen LogP) is 4.18. The first-order valence-electron chi connectivity index (χ1n) is 9.14. The van der Waals surface area contributed by atoms with Crippen LogP contribution < -0.4 is 10.1 Å². The van der Waals surface area contributed by atoms with Crippen LogP contribution in [0.25, 0.3) is 0 Å². The summed E-state index contributed by atoms with van der Waals surface area (Å²) < 4.78 is 11.5. The zero-order chi connectivity index (χ0) is 17.4. The van der Waals surface area contributed by atoms with Gasteiger partial charge >= 0.3 is 0 Å². The molecule has 0 spiro atoms. The van der Waals surface area contributed by atoms with Gasteiger partial charge in [-0.2, -0.15) is 0 Å². The molecule has 1 saturated carbocycles. The fourth-order valence-electron chi connectivity index (χ4n) is 3.19. The molecule has 1 aromatic heterocycles. The maximum atomic E-state index is 12.9. The lowest BCUT2D eigenvalue weighted by molar-refractivity contribution is -0.148. The van der Waals surface area contributed by atoms with Gasteiger partial charge in [-0.15, -0.1) is 0 Å². The highest BCUT2D eigenvalue weighted by Gasteiger charge is 2.42. The molecule has 1 aliphatic carbocycles. The summed E-state index contributed by atoms with van der Waals surface area (Å²) in [5, 5.41) is 2.98. The number of nitrogens with one attached hydrogen (secondary N) is 1. The van der Waals surface area contributed by atoms with Gasteiger partial charge in [0.15, 0.2) is 0 Å². The highest BCUT2D eigenvalue weighted by atomic mass is 16.5. The zero-order valence-electron chi connectivity index (χ0n) is 15.1. The van der Waals surface area contributed by atoms with Gasteiger partial charge in [0, 0.05) is 12.7 Å². The van der Waals surface area contributed by atoms with E-state index in [1.54, 1.807) is 12.3 Å². The number of rotatable bonds is 8. The second-order valence-electron chi connectivity index (χ2n) is 6.73. The average Bonchev–Trinajstić information content (AvgIpc) is 2.59. The molecule has 1 N–H and O–H groups in total. The molecule has 0 unspecified atom stereocenters. The van der Waals surface area contributed by atoms with Gasteiger partial charge in [0.05, 0.1) is 18.5 Å². The lowest BCUT2D eigenvalue weighted by atomic mass is 9.78. The minimum atomic E-state index is -0.703. The predicted molar refractivity (Wildman–Crippen MR) is 95.3 cm³/mol. The zero-order valence-corrected chi connectivity index (χ0v) is 15.1. The van der Waals surface area contributed by atoms with Crippen molar-refractivity contribution in [3.8, 4) is 5.88 Å². The van der Waals surface area contributed by atoms with Crippen molar-refractivity contribution >= 4 is 11.6 Å². The summed E-state index contributed by atoms with van der Waals surface area (Å²) in [4.78, 5) is 17.1. The summed E-state index contributed by atoms with van der Waals surface area (Å²) in [5.74, 6) is 1.04. The van der Waals surface area contributed by atoms with Gasteiger partial charge in [0.25, 0.3) is 5.91 Å². The van der Waals surface area contributed by atoms with Crippen molar-refractivity contribution in [2.45, 2.75) is 64.9 Å². The van der Waals surface area contributed by atoms with E-state index in [1.165, 1.54) is 0 Å². The van der Waals surface area contributed by atoms with E-state index in [1.807, 2.05) is 6.07 Å². The summed E-state index contributed by atoms with van der Waals surface area (Å²) in [6.45, 7) is 7.57. The number of nitrogens with zero attached hydrogens (tertiary/aromatic N) is 1. The smallest absolute Gasteiger partial charge is 0.256 e. The van der Waals surface area contributed by atoms with Crippen molar-refractivity contribution in [2.24, 2.45) is 5.92 Å². The van der Waals surface area contributed by atoms with Crippen LogP contribution in [-0.2, 0) is 9.53 Å². The fourth-order valence-corrected chi connectivity index (χ4v) is 3.19. The van der Waals surface area contributed by atoms with E-state index < -0.39 is 5.60 Å². The van der Waals surface area contributed by atoms with Crippen LogP contribution in [0.15, 0.2) is 18.3 Å². The lowest BCUT2D eigenvalue weighted by Gasteiger charge is -2.38. The third-order valence-electron chi connectivity index (χ3n) is 4.40. The third kappa shape index (κ3) is 4.94. The number of anilines is 1. The molecule has 0 saturated heterocycles. The second kappa shape index (κ2) is 9.02. The molecule has 2 rings (SSSR count). The first-order chi connectivity index (χ1) is 11.6. The van der Waals surface area contributed by atoms with Gasteiger partial charge in [-0.25, -0.2) is 4.98 Å². The van der Waals surface area contributed by atoms with Gasteiger partial charge in [-0.1, -0.05) is 27.2 Å². The standard InChI is InChI=1S/C19H30N2O3/c1-4-11-23-17-9-8-16(14-20-17)21-18(22)19(24-12-5-2)10-6-7-15(3)13-19/h8-9,14-15H,4-7,10-13H2,1-3H3,(H,21,22)/t15-,19+/m1/s1. The lowest BCUT2D eigenvalue weighted by Crippen LogP contribution is -2.48. The van der Waals surface area contributed by atoms with Crippen molar-refractivity contribution in [3.05, 3.63) is 18.3 Å². The Morgan fingerprint density at radius 3 is 2.75 bits per heavy atom. The fraction of sp³-hybridized carbons (Fsp3) is 0.684. The number of hydrogen-bond donors (Lipinski definition) is 1. The average molecular weight is 334 g/mol. The molecule has 0 radical (unpaired) electrons. The monoisotopic (exact) mass is 334 g/mol. The Balaban J connectivity index is 2.04. The molecule has 5 heteroatoms. The highest BCUT2D eigenvalue weighted by molar-refractivity contribution is 5.97. The van der Waals surface area contributed by atoms with Crippen LogP contribution in [-0.4, -0.2) is 29.7 Å². The summed E-state index contributed by atoms with van der Waals surface area (Å²) >= 11 is 0. The second-order valence-corrected chi connectivity index (χ2v) is 6.73. The van der Waals surface area contributed by atoms with Gasteiger partial charge < -0.3 is 14.8 Å². The Bertz CT molecular complexity index is 518. The molecule has 0 bridgehead atoms. The van der Waals surface area contributed by atoms with E-state index in [4.69, 9.17) is 9.47 Å². The van der Waals surface area contributed by atoms with Gasteiger partial charge in [-0.3, -0.25) is 4.79 Å². The molecule has 1 aliphatic rings. The van der Waals surface area contributed by atoms with Crippen LogP contribution in [0.4, 0.5) is 5.69 Å². The van der Waals surface area contributed by atoms with Crippen LogP contribution in [0, 0.1) is 5.92 Å². The van der Waals surface area contributed by atoms with Crippen LogP contribution in [0.3, 0.4) is 0 Å². The minimum absolute atomic E-state index is 0.0495. The number of ether oxygens (including phenoxy) is 2. The third-order valence-corrected chi connectivity index (χ3v) is 4.40. The Morgan fingerprint density at radius 2 is 2.12 bits per heavy atom. The number of amides is 1. The van der Waals surface area contributed by atoms with Crippen LogP contribution in [0.2, 0.25) is 0 Å². The van der Waals surface area contributed by atoms with E-state index in [0.717, 1.165) is 38.5 Å². The van der Waals surface area contributed by atoms with Crippen molar-refractivity contribution in [1.29, 1.82) is 0 Å². The van der Waals surface area contributed by atoms with Crippen molar-refractivity contribution in [2.75, 3.05) is 18.5 Å². The van der Waals surface area contributed by atoms with E-state index in [2.05, 4.69) is 31.1 Å². The van der Waals surface area contributed by atoms with Crippen molar-refractivity contribution < 1.29 is 14.3 Å². The van der Waals surface area contributed by atoms with Crippen LogP contribution in [0.5, 0.6) is 5.88 Å². The molecular formula is C19H30N2O3. The maximum Gasteiger partial charge on any atom is 0.256 e. The Hall–Kier alpha value is -1.62. The Morgan fingerprint density at radius 1 is 1.33 bits per heavy atom. The number of carbonyl (C=O) groups excluding carboxylic acids is 1. The topological polar surface area (TPSA) is 60.5 Å². The summed E-state index contributed by atoms with van der Waals surface area (Å²) in [6.07, 6.45) is 7.25. The molecule has 0 aromatic carbocycles. The summed E-state index contributed by atoms with van der Waals surface area (Å²) in [6, 6.07) is 3.62. The number of carbonyl (C=O) groups is 1. The van der Waals surface area contributed by atoms with E-state index in [9.17, 15) is 4.79 Å². The summed E-state index contributed by atoms with van der Waals surface area (Å²) in [5.41, 5.74) is -0.0213. The quantitative estimate of drug-likeness (QED) is 0.774. The molecule has 134 valence electrons. The Kier molecular flexibility index (Phi) is 7.03. The van der Waals surface area contributed by atoms with E-state index >= 15 is 0 Å². The molecule has 1 fully saturated rings. The minimum Gasteiger partial charge on any atom is -0.478 e. The molecule has 1 heterocycles. The molecule has 1 amide bonds. The molecule has 1 aromatic rings. The first-order valence-corrected chi connectivity index (χ1v) is 9.14. The van der Waals surface area contributed by atoms with Gasteiger partial charge in [0.1, 0.15) is 5.60 Å². The number of aromatic nitrogens is 1. The van der Waals surface area contributed by atoms with Gasteiger partial charge in [-0.05, 0) is 44.1 Å². The normalized spacial score (nSPS) is 23.7. The maximum absolute atomic E-state index is 12.9. The number of hydrogen-bond acceptors (Lipinski definition) is 4. The highest BCUT2D eigenvalue weighted by Crippen LogP contribution is 2.36. The number of pyridine rings is 1. The first kappa shape index (κ1) is 18.7. The SMILES string of the molecule is CCCOc1ccc(NC(=O)[C@]2(OCCC)CCC[C@@H](C)C2)cn1. The van der Waals surface area contributed by atoms with Crippen LogP contribution in [0.1, 0.15) is 59.3 Å². The molecule has 2 atom stereocenters. The Labute approximate surface area is 145 Å². The molecule has 5 nitrogen and oxygen atoms in total. The summed E-state index contributed by atoms with van der Waals surface area (Å²) in [7, 11) is 0. The molecule has 24 heavy (non-hydrogen) atoms. The largest absolute Gasteiger partial charge is 0.478 e. The van der Waals surface area contributed by atoms with E-state index in [0.29, 0.717) is 30.7 Å². The molecule has 0 aliphatic heterocycles. The van der Waals surface area contributed by atoms with Gasteiger partial charge in [0.2, 0.25) is 5.88 Å². The van der Waals surface area contributed by atoms with Crippen molar-refractivity contribution in [1.82, 2.24) is 4.98 Å².